The van der Waals surface area contributed by atoms with Crippen LogP contribution < -0.4 is 5.32 Å². The maximum Gasteiger partial charge on any atom is 0.256 e. The van der Waals surface area contributed by atoms with Gasteiger partial charge in [0.2, 0.25) is 0 Å². The highest BCUT2D eigenvalue weighted by Crippen LogP contribution is 2.23. The van der Waals surface area contributed by atoms with Gasteiger partial charge in [0.25, 0.3) is 5.91 Å². The number of hydrogen-bond donors (Lipinski definition) is 1. The lowest BCUT2D eigenvalue weighted by Gasteiger charge is -2.08. The van der Waals surface area contributed by atoms with E-state index in [0.717, 1.165) is 5.56 Å². The number of rotatable bonds is 5. The zero-order chi connectivity index (χ0) is 16.3. The van der Waals surface area contributed by atoms with E-state index in [0.29, 0.717) is 40.0 Å². The summed E-state index contributed by atoms with van der Waals surface area (Å²) in [4.78, 5) is 12.3. The lowest BCUT2D eigenvalue weighted by molar-refractivity contribution is 0.0951. The highest BCUT2D eigenvalue weighted by Gasteiger charge is 2.22. The number of halogens is 2. The third kappa shape index (κ3) is 3.81. The van der Waals surface area contributed by atoms with Crippen molar-refractivity contribution in [2.75, 3.05) is 6.54 Å². The van der Waals surface area contributed by atoms with E-state index in [1.165, 1.54) is 0 Å². The quantitative estimate of drug-likeness (QED) is 0.878. The molecule has 0 fully saturated rings. The van der Waals surface area contributed by atoms with Crippen molar-refractivity contribution in [3.05, 3.63) is 50.8 Å². The predicted octanol–water partition coefficient (Wildman–Crippen LogP) is 4.39. The number of nitrogens with one attached hydrogen (secondary N) is 1. The molecule has 0 saturated carbocycles. The summed E-state index contributed by atoms with van der Waals surface area (Å²) >= 11 is 12.0. The number of aromatic nitrogens is 1. The van der Waals surface area contributed by atoms with Crippen LogP contribution in [0.3, 0.4) is 0 Å². The molecule has 1 aromatic carbocycles. The molecule has 2 aromatic rings. The van der Waals surface area contributed by atoms with Crippen molar-refractivity contribution in [1.29, 1.82) is 0 Å². The van der Waals surface area contributed by atoms with Crippen molar-refractivity contribution < 1.29 is 9.32 Å². The second kappa shape index (κ2) is 7.16. The number of nitrogens with zero attached hydrogens (tertiary/aromatic N) is 1. The van der Waals surface area contributed by atoms with Gasteiger partial charge in [-0.2, -0.15) is 0 Å². The van der Waals surface area contributed by atoms with Gasteiger partial charge in [-0.1, -0.05) is 48.3 Å². The van der Waals surface area contributed by atoms with Crippen molar-refractivity contribution in [2.24, 2.45) is 0 Å². The van der Waals surface area contributed by atoms with Gasteiger partial charge >= 0.3 is 0 Å². The van der Waals surface area contributed by atoms with Crippen LogP contribution in [-0.2, 0) is 6.42 Å². The average Bonchev–Trinajstić information content (AvgIpc) is 2.83. The highest BCUT2D eigenvalue weighted by atomic mass is 35.5. The molecule has 1 amide bonds. The Morgan fingerprint density at radius 3 is 2.73 bits per heavy atom. The summed E-state index contributed by atoms with van der Waals surface area (Å²) < 4.78 is 5.23. The van der Waals surface area contributed by atoms with Gasteiger partial charge in [-0.05, 0) is 31.0 Å². The van der Waals surface area contributed by atoms with Gasteiger partial charge < -0.3 is 9.84 Å². The van der Waals surface area contributed by atoms with Crippen LogP contribution in [0.15, 0.2) is 22.7 Å². The third-order valence-corrected chi connectivity index (χ3v) is 3.92. The van der Waals surface area contributed by atoms with E-state index in [1.54, 1.807) is 19.1 Å². The molecule has 0 aliphatic rings. The van der Waals surface area contributed by atoms with Gasteiger partial charge in [-0.3, -0.25) is 4.79 Å². The SMILES string of the molecule is Cc1noc(C(C)C)c1C(=O)NCCc1ccc(Cl)cc1Cl. The maximum atomic E-state index is 12.3. The molecule has 2 rings (SSSR count). The first-order valence-corrected chi connectivity index (χ1v) is 7.84. The Balaban J connectivity index is 2.00. The number of carbonyl (C=O) groups is 1. The molecule has 118 valence electrons. The molecule has 0 saturated heterocycles. The van der Waals surface area contributed by atoms with Crippen molar-refractivity contribution in [3.63, 3.8) is 0 Å². The zero-order valence-electron chi connectivity index (χ0n) is 12.7. The fourth-order valence-electron chi connectivity index (χ4n) is 2.18. The minimum atomic E-state index is -0.174. The van der Waals surface area contributed by atoms with Crippen LogP contribution in [0.1, 0.15) is 47.1 Å². The summed E-state index contributed by atoms with van der Waals surface area (Å²) in [6.45, 7) is 6.16. The van der Waals surface area contributed by atoms with Crippen molar-refractivity contribution in [3.8, 4) is 0 Å². The molecule has 1 aromatic heterocycles. The highest BCUT2D eigenvalue weighted by molar-refractivity contribution is 6.35. The Labute approximate surface area is 139 Å². The zero-order valence-corrected chi connectivity index (χ0v) is 14.3. The first kappa shape index (κ1) is 16.8. The molecule has 0 unspecified atom stereocenters. The first-order valence-electron chi connectivity index (χ1n) is 7.08. The molecule has 4 nitrogen and oxygen atoms in total. The number of hydrogen-bond acceptors (Lipinski definition) is 3. The first-order chi connectivity index (χ1) is 10.4. The molecule has 1 heterocycles. The van der Waals surface area contributed by atoms with Gasteiger partial charge in [0, 0.05) is 22.5 Å². The number of carbonyl (C=O) groups excluding carboxylic acids is 1. The van der Waals surface area contributed by atoms with E-state index in [4.69, 9.17) is 27.7 Å². The Morgan fingerprint density at radius 1 is 1.36 bits per heavy atom. The van der Waals surface area contributed by atoms with Crippen LogP contribution >= 0.6 is 23.2 Å². The van der Waals surface area contributed by atoms with Crippen molar-refractivity contribution in [1.82, 2.24) is 10.5 Å². The molecule has 6 heteroatoms. The summed E-state index contributed by atoms with van der Waals surface area (Å²) in [7, 11) is 0. The molecular weight excluding hydrogens is 323 g/mol. The molecule has 1 N–H and O–H groups in total. The van der Waals surface area contributed by atoms with Crippen LogP contribution in [0.4, 0.5) is 0 Å². The van der Waals surface area contributed by atoms with Gasteiger partial charge in [-0.25, -0.2) is 0 Å². The standard InChI is InChI=1S/C16H18Cl2N2O2/c1-9(2)15-14(10(3)20-22-15)16(21)19-7-6-11-4-5-12(17)8-13(11)18/h4-5,8-9H,6-7H2,1-3H3,(H,19,21). The summed E-state index contributed by atoms with van der Waals surface area (Å²) in [5, 5.41) is 7.96. The van der Waals surface area contributed by atoms with E-state index < -0.39 is 0 Å². The smallest absolute Gasteiger partial charge is 0.256 e. The predicted molar refractivity (Wildman–Crippen MR) is 87.8 cm³/mol. The van der Waals surface area contributed by atoms with E-state index in [9.17, 15) is 4.79 Å². The number of aryl methyl sites for hydroxylation is 1. The lowest BCUT2D eigenvalue weighted by atomic mass is 10.0. The van der Waals surface area contributed by atoms with Crippen LogP contribution in [-0.4, -0.2) is 17.6 Å². The molecule has 0 aliphatic heterocycles. The van der Waals surface area contributed by atoms with Crippen LogP contribution in [0.25, 0.3) is 0 Å². The molecule has 0 bridgehead atoms. The Hall–Kier alpha value is -1.52. The van der Waals surface area contributed by atoms with Gasteiger partial charge in [0.1, 0.15) is 5.56 Å². The second-order valence-electron chi connectivity index (χ2n) is 5.40. The normalized spacial score (nSPS) is 11.0. The van der Waals surface area contributed by atoms with Gasteiger partial charge in [-0.15, -0.1) is 0 Å². The van der Waals surface area contributed by atoms with Crippen LogP contribution in [0.2, 0.25) is 10.0 Å². The molecule has 22 heavy (non-hydrogen) atoms. The fraction of sp³-hybridized carbons (Fsp3) is 0.375. The molecular formula is C16H18Cl2N2O2. The molecule has 0 aliphatic carbocycles. The minimum Gasteiger partial charge on any atom is -0.360 e. The largest absolute Gasteiger partial charge is 0.360 e. The second-order valence-corrected chi connectivity index (χ2v) is 6.25. The van der Waals surface area contributed by atoms with E-state index in [-0.39, 0.29) is 11.8 Å². The number of amides is 1. The third-order valence-electron chi connectivity index (χ3n) is 3.34. The van der Waals surface area contributed by atoms with E-state index in [1.807, 2.05) is 19.9 Å². The maximum absolute atomic E-state index is 12.3. The van der Waals surface area contributed by atoms with E-state index >= 15 is 0 Å². The summed E-state index contributed by atoms with van der Waals surface area (Å²) in [6, 6.07) is 5.34. The topological polar surface area (TPSA) is 55.1 Å². The van der Waals surface area contributed by atoms with Crippen molar-refractivity contribution in [2.45, 2.75) is 33.1 Å². The van der Waals surface area contributed by atoms with E-state index in [2.05, 4.69) is 10.5 Å². The number of benzene rings is 1. The Morgan fingerprint density at radius 2 is 2.09 bits per heavy atom. The summed E-state index contributed by atoms with van der Waals surface area (Å²) in [5.41, 5.74) is 2.07. The molecule has 0 radical (unpaired) electrons. The van der Waals surface area contributed by atoms with Gasteiger partial charge in [0.05, 0.1) is 5.69 Å². The minimum absolute atomic E-state index is 0.104. The Bertz CT molecular complexity index is 681. The van der Waals surface area contributed by atoms with Crippen LogP contribution in [0.5, 0.6) is 0 Å². The van der Waals surface area contributed by atoms with Crippen LogP contribution in [0, 0.1) is 6.92 Å². The molecule has 0 atom stereocenters. The summed E-state index contributed by atoms with van der Waals surface area (Å²) in [6.07, 6.45) is 0.628. The van der Waals surface area contributed by atoms with Gasteiger partial charge in [0.15, 0.2) is 5.76 Å². The average molecular weight is 341 g/mol. The van der Waals surface area contributed by atoms with Crippen molar-refractivity contribution >= 4 is 29.1 Å². The molecule has 0 spiro atoms. The lowest BCUT2D eigenvalue weighted by Crippen LogP contribution is -2.27. The Kier molecular flexibility index (Phi) is 5.48. The summed E-state index contributed by atoms with van der Waals surface area (Å²) in [5.74, 6) is 0.541. The fourth-order valence-corrected chi connectivity index (χ4v) is 2.68. The monoisotopic (exact) mass is 340 g/mol.